The Morgan fingerprint density at radius 2 is 1.61 bits per heavy atom. The van der Waals surface area contributed by atoms with Crippen molar-refractivity contribution < 1.29 is 4.74 Å². The number of aryl methyl sites for hydroxylation is 3. The van der Waals surface area contributed by atoms with Crippen LogP contribution in [0.15, 0.2) is 66.9 Å². The van der Waals surface area contributed by atoms with Crippen LogP contribution >= 0.6 is 0 Å². The number of fused-ring (bicyclic) bond motifs is 1. The predicted molar refractivity (Wildman–Crippen MR) is 117 cm³/mol. The first kappa shape index (κ1) is 18.2. The third-order valence-corrected chi connectivity index (χ3v) is 5.47. The lowest BCUT2D eigenvalue weighted by Crippen LogP contribution is -1.97. The van der Waals surface area contributed by atoms with Gasteiger partial charge in [0.05, 0.1) is 12.8 Å². The number of benzene rings is 3. The van der Waals surface area contributed by atoms with Crippen molar-refractivity contribution in [2.45, 2.75) is 27.2 Å². The van der Waals surface area contributed by atoms with E-state index < -0.39 is 0 Å². The molecule has 2 nitrogen and oxygen atoms in total. The summed E-state index contributed by atoms with van der Waals surface area (Å²) in [5, 5.41) is 2.33. The summed E-state index contributed by atoms with van der Waals surface area (Å²) in [6, 6.07) is 21.6. The van der Waals surface area contributed by atoms with Crippen LogP contribution in [0.2, 0.25) is 0 Å². The number of hydrogen-bond donors (Lipinski definition) is 0. The van der Waals surface area contributed by atoms with Crippen LogP contribution < -0.4 is 4.74 Å². The third-order valence-electron chi connectivity index (χ3n) is 5.47. The molecule has 0 saturated carbocycles. The second-order valence-electron chi connectivity index (χ2n) is 7.49. The third kappa shape index (κ3) is 3.50. The van der Waals surface area contributed by atoms with E-state index in [-0.39, 0.29) is 0 Å². The van der Waals surface area contributed by atoms with Crippen molar-refractivity contribution in [3.63, 3.8) is 0 Å². The van der Waals surface area contributed by atoms with Crippen molar-refractivity contribution in [1.29, 1.82) is 0 Å². The van der Waals surface area contributed by atoms with E-state index in [1.807, 2.05) is 6.20 Å². The first-order chi connectivity index (χ1) is 13.5. The fourth-order valence-corrected chi connectivity index (χ4v) is 3.64. The van der Waals surface area contributed by atoms with E-state index in [0.29, 0.717) is 0 Å². The molecule has 0 aliphatic carbocycles. The maximum absolute atomic E-state index is 5.70. The summed E-state index contributed by atoms with van der Waals surface area (Å²) in [7, 11) is 1.73. The summed E-state index contributed by atoms with van der Waals surface area (Å²) in [5.74, 6) is 0.889. The maximum atomic E-state index is 5.70. The second kappa shape index (κ2) is 7.47. The largest absolute Gasteiger partial charge is 0.496 e. The van der Waals surface area contributed by atoms with Gasteiger partial charge in [-0.2, -0.15) is 0 Å². The highest BCUT2D eigenvalue weighted by Gasteiger charge is 2.12. The molecule has 0 bridgehead atoms. The Kier molecular flexibility index (Phi) is 4.87. The molecule has 3 aromatic carbocycles. The Morgan fingerprint density at radius 3 is 2.32 bits per heavy atom. The van der Waals surface area contributed by atoms with Gasteiger partial charge in [-0.05, 0) is 66.6 Å². The summed E-state index contributed by atoms with van der Waals surface area (Å²) in [5.41, 5.74) is 8.53. The standard InChI is InChI=1S/C26H25NO/c1-17-5-9-21(10-6-17)24-16-23-22(15-26(24)28-4)11-12-27-25(23)14-20-8-7-18(2)19(3)13-20/h5-13,15-16H,14H2,1-4H3. The molecule has 0 atom stereocenters. The normalized spacial score (nSPS) is 11.0. The Labute approximate surface area is 166 Å². The van der Waals surface area contributed by atoms with E-state index in [0.717, 1.165) is 34.4 Å². The van der Waals surface area contributed by atoms with E-state index in [1.54, 1.807) is 7.11 Å². The van der Waals surface area contributed by atoms with Gasteiger partial charge < -0.3 is 4.74 Å². The molecule has 0 fully saturated rings. The molecule has 0 N–H and O–H groups in total. The SMILES string of the molecule is COc1cc2ccnc(Cc3ccc(C)c(C)c3)c2cc1-c1ccc(C)cc1. The molecule has 0 aliphatic heterocycles. The average Bonchev–Trinajstić information content (AvgIpc) is 2.70. The summed E-state index contributed by atoms with van der Waals surface area (Å²) in [4.78, 5) is 4.72. The molecule has 28 heavy (non-hydrogen) atoms. The van der Waals surface area contributed by atoms with Crippen LogP contribution in [-0.4, -0.2) is 12.1 Å². The van der Waals surface area contributed by atoms with Crippen molar-refractivity contribution in [2.24, 2.45) is 0 Å². The van der Waals surface area contributed by atoms with Crippen LogP contribution in [0, 0.1) is 20.8 Å². The quantitative estimate of drug-likeness (QED) is 0.415. The minimum absolute atomic E-state index is 0.818. The number of aromatic nitrogens is 1. The topological polar surface area (TPSA) is 22.1 Å². The van der Waals surface area contributed by atoms with Crippen molar-refractivity contribution in [2.75, 3.05) is 7.11 Å². The number of hydrogen-bond acceptors (Lipinski definition) is 2. The van der Waals surface area contributed by atoms with Gasteiger partial charge >= 0.3 is 0 Å². The molecule has 1 heterocycles. The van der Waals surface area contributed by atoms with Crippen molar-refractivity contribution in [3.8, 4) is 16.9 Å². The molecule has 0 saturated heterocycles. The lowest BCUT2D eigenvalue weighted by Gasteiger charge is -2.13. The number of ether oxygens (including phenoxy) is 1. The summed E-state index contributed by atoms with van der Waals surface area (Å²) >= 11 is 0. The van der Waals surface area contributed by atoms with Gasteiger partial charge in [-0.25, -0.2) is 0 Å². The number of methoxy groups -OCH3 is 1. The number of nitrogens with zero attached hydrogens (tertiary/aromatic N) is 1. The van der Waals surface area contributed by atoms with Crippen LogP contribution in [0.25, 0.3) is 21.9 Å². The van der Waals surface area contributed by atoms with E-state index in [4.69, 9.17) is 9.72 Å². The Balaban J connectivity index is 1.84. The predicted octanol–water partition coefficient (Wildman–Crippen LogP) is 6.43. The average molecular weight is 367 g/mol. The van der Waals surface area contributed by atoms with Crippen LogP contribution in [0.5, 0.6) is 5.75 Å². The van der Waals surface area contributed by atoms with Crippen LogP contribution in [0.3, 0.4) is 0 Å². The van der Waals surface area contributed by atoms with Crippen molar-refractivity contribution in [1.82, 2.24) is 4.98 Å². The minimum atomic E-state index is 0.818. The van der Waals surface area contributed by atoms with Gasteiger partial charge in [0.25, 0.3) is 0 Å². The van der Waals surface area contributed by atoms with Gasteiger partial charge in [0, 0.05) is 23.6 Å². The highest BCUT2D eigenvalue weighted by Crippen LogP contribution is 2.35. The Hall–Kier alpha value is -3.13. The monoisotopic (exact) mass is 367 g/mol. The number of rotatable bonds is 4. The highest BCUT2D eigenvalue weighted by atomic mass is 16.5. The van der Waals surface area contributed by atoms with Gasteiger partial charge in [0.2, 0.25) is 0 Å². The lowest BCUT2D eigenvalue weighted by atomic mass is 9.96. The minimum Gasteiger partial charge on any atom is -0.496 e. The molecule has 4 rings (SSSR count). The van der Waals surface area contributed by atoms with E-state index >= 15 is 0 Å². The zero-order valence-corrected chi connectivity index (χ0v) is 16.9. The molecular formula is C26H25NO. The first-order valence-electron chi connectivity index (χ1n) is 9.64. The van der Waals surface area contributed by atoms with Crippen LogP contribution in [0.4, 0.5) is 0 Å². The van der Waals surface area contributed by atoms with Crippen molar-refractivity contribution >= 4 is 10.8 Å². The van der Waals surface area contributed by atoms with Gasteiger partial charge in [-0.1, -0.05) is 48.0 Å². The lowest BCUT2D eigenvalue weighted by molar-refractivity contribution is 0.417. The molecule has 0 amide bonds. The molecular weight excluding hydrogens is 342 g/mol. The molecule has 0 spiro atoms. The van der Waals surface area contributed by atoms with Gasteiger partial charge in [0.15, 0.2) is 0 Å². The smallest absolute Gasteiger partial charge is 0.127 e. The maximum Gasteiger partial charge on any atom is 0.127 e. The fraction of sp³-hybridized carbons (Fsp3) is 0.192. The van der Waals surface area contributed by atoms with Gasteiger partial charge in [-0.15, -0.1) is 0 Å². The molecule has 0 unspecified atom stereocenters. The summed E-state index contributed by atoms with van der Waals surface area (Å²) in [6.07, 6.45) is 2.71. The molecule has 1 aromatic heterocycles. The molecule has 0 radical (unpaired) electrons. The summed E-state index contributed by atoms with van der Waals surface area (Å²) < 4.78 is 5.70. The highest BCUT2D eigenvalue weighted by molar-refractivity contribution is 5.92. The van der Waals surface area contributed by atoms with E-state index in [2.05, 4.69) is 81.4 Å². The first-order valence-corrected chi connectivity index (χ1v) is 9.64. The Bertz CT molecular complexity index is 1140. The van der Waals surface area contributed by atoms with Gasteiger partial charge in [-0.3, -0.25) is 4.98 Å². The van der Waals surface area contributed by atoms with E-state index in [1.165, 1.54) is 27.6 Å². The zero-order chi connectivity index (χ0) is 19.7. The van der Waals surface area contributed by atoms with Gasteiger partial charge in [0.1, 0.15) is 5.75 Å². The van der Waals surface area contributed by atoms with Crippen LogP contribution in [0.1, 0.15) is 27.9 Å². The number of pyridine rings is 1. The second-order valence-corrected chi connectivity index (χ2v) is 7.49. The summed E-state index contributed by atoms with van der Waals surface area (Å²) in [6.45, 7) is 6.41. The molecule has 0 aliphatic rings. The fourth-order valence-electron chi connectivity index (χ4n) is 3.64. The zero-order valence-electron chi connectivity index (χ0n) is 16.9. The van der Waals surface area contributed by atoms with Crippen LogP contribution in [-0.2, 0) is 6.42 Å². The van der Waals surface area contributed by atoms with Crippen molar-refractivity contribution in [3.05, 3.63) is 94.8 Å². The Morgan fingerprint density at radius 1 is 0.821 bits per heavy atom. The van der Waals surface area contributed by atoms with E-state index in [9.17, 15) is 0 Å². The molecule has 2 heteroatoms. The molecule has 4 aromatic rings. The molecule has 140 valence electrons.